The van der Waals surface area contributed by atoms with E-state index in [1.54, 1.807) is 18.2 Å². The molecule has 4 N–H and O–H groups in total. The lowest BCUT2D eigenvalue weighted by Crippen LogP contribution is -2.38. The van der Waals surface area contributed by atoms with E-state index in [-0.39, 0.29) is 25.4 Å². The first kappa shape index (κ1) is 18.1. The topological polar surface area (TPSA) is 105 Å². The van der Waals surface area contributed by atoms with E-state index in [1.807, 2.05) is 0 Å². The summed E-state index contributed by atoms with van der Waals surface area (Å²) in [6, 6.07) is 4.13. The summed E-state index contributed by atoms with van der Waals surface area (Å²) in [5.74, 6) is -0.747. The van der Waals surface area contributed by atoms with Crippen LogP contribution in [0.4, 0.5) is 10.5 Å². The molecule has 7 nitrogen and oxygen atoms in total. The summed E-state index contributed by atoms with van der Waals surface area (Å²) in [6.45, 7) is -0.0621. The number of anilines is 1. The third-order valence-electron chi connectivity index (χ3n) is 2.67. The number of likely N-dealkylation sites (N-methyl/N-ethyl adjacent to an activating group) is 1. The molecule has 0 atom stereocenters. The zero-order valence-corrected chi connectivity index (χ0v) is 13.4. The fourth-order valence-corrected chi connectivity index (χ4v) is 2.08. The average Bonchev–Trinajstić information content (AvgIpc) is 2.42. The Kier molecular flexibility index (Phi) is 6.94. The third-order valence-corrected chi connectivity index (χ3v) is 3.30. The lowest BCUT2D eigenvalue weighted by molar-refractivity contribution is -0.133. The van der Waals surface area contributed by atoms with Gasteiger partial charge in [0.1, 0.15) is 0 Å². The monoisotopic (exact) mass is 346 g/mol. The van der Waals surface area contributed by atoms with E-state index in [4.69, 9.17) is 28.9 Å². The number of primary amides is 1. The van der Waals surface area contributed by atoms with Gasteiger partial charge in [0.05, 0.1) is 22.3 Å². The standard InChI is InChI=1S/C13H16Cl2N4O3/c1-19(11(21)5-6-17-13(16)22)7-10(20)18-12-8(14)3-2-4-9(12)15/h2-4H,5-7H2,1H3,(H,18,20)(H3,16,17,22). The number of hydrogen-bond donors (Lipinski definition) is 3. The molecule has 0 unspecified atom stereocenters. The highest BCUT2D eigenvalue weighted by Gasteiger charge is 2.15. The summed E-state index contributed by atoms with van der Waals surface area (Å²) in [6.07, 6.45) is 0.0412. The van der Waals surface area contributed by atoms with Crippen LogP contribution in [0.1, 0.15) is 6.42 Å². The zero-order chi connectivity index (χ0) is 16.7. The molecule has 0 saturated heterocycles. The number of nitrogens with one attached hydrogen (secondary N) is 2. The van der Waals surface area contributed by atoms with Crippen molar-refractivity contribution in [2.24, 2.45) is 5.73 Å². The number of rotatable bonds is 6. The Labute approximate surface area is 137 Å². The molecule has 9 heteroatoms. The number of nitrogens with zero attached hydrogens (tertiary/aromatic N) is 1. The molecule has 0 spiro atoms. The van der Waals surface area contributed by atoms with Gasteiger partial charge >= 0.3 is 6.03 Å². The first-order valence-electron chi connectivity index (χ1n) is 6.32. The van der Waals surface area contributed by atoms with E-state index in [2.05, 4.69) is 10.6 Å². The van der Waals surface area contributed by atoms with E-state index in [0.717, 1.165) is 0 Å². The SMILES string of the molecule is CN(CC(=O)Nc1c(Cl)cccc1Cl)C(=O)CCNC(N)=O. The molecule has 0 saturated carbocycles. The van der Waals surface area contributed by atoms with Crippen LogP contribution in [0.2, 0.25) is 10.0 Å². The average molecular weight is 347 g/mol. The van der Waals surface area contributed by atoms with Gasteiger partial charge in [0, 0.05) is 20.0 Å². The molecule has 120 valence electrons. The molecule has 0 fully saturated rings. The number of hydrogen-bond acceptors (Lipinski definition) is 3. The summed E-state index contributed by atoms with van der Waals surface area (Å²) in [4.78, 5) is 35.4. The molecule has 4 amide bonds. The van der Waals surface area contributed by atoms with Gasteiger partial charge in [-0.2, -0.15) is 0 Å². The highest BCUT2D eigenvalue weighted by molar-refractivity contribution is 6.39. The summed E-state index contributed by atoms with van der Waals surface area (Å²) in [5.41, 5.74) is 5.18. The van der Waals surface area contributed by atoms with Gasteiger partial charge in [-0.3, -0.25) is 9.59 Å². The Morgan fingerprint density at radius 2 is 1.82 bits per heavy atom. The quantitative estimate of drug-likeness (QED) is 0.725. The first-order chi connectivity index (χ1) is 10.3. The maximum Gasteiger partial charge on any atom is 0.312 e. The van der Waals surface area contributed by atoms with E-state index in [1.165, 1.54) is 11.9 Å². The Hall–Kier alpha value is -1.99. The van der Waals surface area contributed by atoms with Crippen molar-refractivity contribution in [3.8, 4) is 0 Å². The minimum absolute atomic E-state index is 0.0412. The van der Waals surface area contributed by atoms with Crippen LogP contribution in [0.3, 0.4) is 0 Å². The zero-order valence-electron chi connectivity index (χ0n) is 11.9. The molecule has 1 aromatic rings. The van der Waals surface area contributed by atoms with Gasteiger partial charge in [-0.1, -0.05) is 29.3 Å². The van der Waals surface area contributed by atoms with Crippen LogP contribution in [-0.4, -0.2) is 42.9 Å². The molecule has 1 rings (SSSR count). The van der Waals surface area contributed by atoms with Gasteiger partial charge in [0.2, 0.25) is 11.8 Å². The third kappa shape index (κ3) is 5.79. The molecular formula is C13H16Cl2N4O3. The van der Waals surface area contributed by atoms with Crippen LogP contribution in [0, 0.1) is 0 Å². The normalized spacial score (nSPS) is 9.95. The van der Waals surface area contributed by atoms with E-state index < -0.39 is 11.9 Å². The number of nitrogens with two attached hydrogens (primary N) is 1. The molecule has 0 bridgehead atoms. The first-order valence-corrected chi connectivity index (χ1v) is 7.08. The van der Waals surface area contributed by atoms with Crippen molar-refractivity contribution in [2.75, 3.05) is 25.5 Å². The number of benzene rings is 1. The van der Waals surface area contributed by atoms with Crippen molar-refractivity contribution in [1.82, 2.24) is 10.2 Å². The van der Waals surface area contributed by atoms with Gasteiger partial charge in [0.15, 0.2) is 0 Å². The van der Waals surface area contributed by atoms with Crippen LogP contribution in [-0.2, 0) is 9.59 Å². The van der Waals surface area contributed by atoms with Crippen LogP contribution in [0.5, 0.6) is 0 Å². The van der Waals surface area contributed by atoms with Gasteiger partial charge < -0.3 is 21.3 Å². The minimum Gasteiger partial charge on any atom is -0.352 e. The predicted octanol–water partition coefficient (Wildman–Crippen LogP) is 1.45. The smallest absolute Gasteiger partial charge is 0.312 e. The van der Waals surface area contributed by atoms with Crippen molar-refractivity contribution in [1.29, 1.82) is 0 Å². The van der Waals surface area contributed by atoms with Gasteiger partial charge in [-0.15, -0.1) is 0 Å². The lowest BCUT2D eigenvalue weighted by atomic mass is 10.3. The van der Waals surface area contributed by atoms with Crippen LogP contribution in [0.15, 0.2) is 18.2 Å². The maximum absolute atomic E-state index is 11.9. The fourth-order valence-electron chi connectivity index (χ4n) is 1.58. The Balaban J connectivity index is 2.50. The second kappa shape index (κ2) is 8.45. The minimum atomic E-state index is -0.707. The number of amides is 4. The van der Waals surface area contributed by atoms with Crippen LogP contribution < -0.4 is 16.4 Å². The number of urea groups is 1. The number of carbonyl (C=O) groups excluding carboxylic acids is 3. The Morgan fingerprint density at radius 3 is 2.36 bits per heavy atom. The highest BCUT2D eigenvalue weighted by Crippen LogP contribution is 2.29. The molecular weight excluding hydrogens is 331 g/mol. The van der Waals surface area contributed by atoms with Crippen molar-refractivity contribution in [2.45, 2.75) is 6.42 Å². The molecule has 0 radical (unpaired) electrons. The molecule has 1 aromatic carbocycles. The van der Waals surface area contributed by atoms with Crippen molar-refractivity contribution >= 4 is 46.7 Å². The molecule has 0 aliphatic rings. The van der Waals surface area contributed by atoms with Crippen molar-refractivity contribution in [3.63, 3.8) is 0 Å². The van der Waals surface area contributed by atoms with Crippen molar-refractivity contribution < 1.29 is 14.4 Å². The number of carbonyl (C=O) groups is 3. The Morgan fingerprint density at radius 1 is 1.23 bits per heavy atom. The van der Waals surface area contributed by atoms with E-state index in [9.17, 15) is 14.4 Å². The highest BCUT2D eigenvalue weighted by atomic mass is 35.5. The van der Waals surface area contributed by atoms with Gasteiger partial charge in [-0.05, 0) is 12.1 Å². The molecule has 0 aliphatic heterocycles. The second-order valence-electron chi connectivity index (χ2n) is 4.44. The molecule has 0 aromatic heterocycles. The van der Waals surface area contributed by atoms with Gasteiger partial charge in [0.25, 0.3) is 0 Å². The second-order valence-corrected chi connectivity index (χ2v) is 5.25. The van der Waals surface area contributed by atoms with E-state index >= 15 is 0 Å². The lowest BCUT2D eigenvalue weighted by Gasteiger charge is -2.17. The van der Waals surface area contributed by atoms with Gasteiger partial charge in [-0.25, -0.2) is 4.79 Å². The van der Waals surface area contributed by atoms with Crippen LogP contribution >= 0.6 is 23.2 Å². The largest absolute Gasteiger partial charge is 0.352 e. The van der Waals surface area contributed by atoms with E-state index in [0.29, 0.717) is 15.7 Å². The molecule has 0 heterocycles. The summed E-state index contributed by atoms with van der Waals surface area (Å²) in [5, 5.41) is 5.46. The molecule has 22 heavy (non-hydrogen) atoms. The predicted molar refractivity (Wildman–Crippen MR) is 84.9 cm³/mol. The molecule has 0 aliphatic carbocycles. The fraction of sp³-hybridized carbons (Fsp3) is 0.308. The summed E-state index contributed by atoms with van der Waals surface area (Å²) >= 11 is 11.9. The summed E-state index contributed by atoms with van der Waals surface area (Å²) < 4.78 is 0. The summed E-state index contributed by atoms with van der Waals surface area (Å²) in [7, 11) is 1.47. The number of halogens is 2. The maximum atomic E-state index is 11.9. The number of para-hydroxylation sites is 1. The Bertz CT molecular complexity index is 560. The van der Waals surface area contributed by atoms with Crippen LogP contribution in [0.25, 0.3) is 0 Å². The van der Waals surface area contributed by atoms with Crippen molar-refractivity contribution in [3.05, 3.63) is 28.2 Å².